The summed E-state index contributed by atoms with van der Waals surface area (Å²) < 4.78 is 17.3. The van der Waals surface area contributed by atoms with E-state index in [1.807, 2.05) is 26.0 Å². The second-order valence-electron chi connectivity index (χ2n) is 8.03. The summed E-state index contributed by atoms with van der Waals surface area (Å²) in [7, 11) is 3.48. The molecule has 0 aliphatic carbocycles. The van der Waals surface area contributed by atoms with E-state index in [0.29, 0.717) is 12.5 Å². The van der Waals surface area contributed by atoms with Gasteiger partial charge in [0.15, 0.2) is 0 Å². The van der Waals surface area contributed by atoms with Crippen LogP contribution in [-0.2, 0) is 11.3 Å². The fourth-order valence-corrected chi connectivity index (χ4v) is 4.36. The van der Waals surface area contributed by atoms with Crippen LogP contribution in [0.4, 0.5) is 5.69 Å². The zero-order valence-electron chi connectivity index (χ0n) is 20.0. The number of piperidine rings is 1. The van der Waals surface area contributed by atoms with Crippen LogP contribution in [0.25, 0.3) is 0 Å². The molecule has 0 spiro atoms. The molecule has 2 heterocycles. The zero-order valence-corrected chi connectivity index (χ0v) is 20.0. The second-order valence-corrected chi connectivity index (χ2v) is 8.03. The van der Waals surface area contributed by atoms with Crippen molar-refractivity contribution in [2.75, 3.05) is 51.9 Å². The Kier molecular flexibility index (Phi) is 9.65. The summed E-state index contributed by atoms with van der Waals surface area (Å²) in [6.07, 6.45) is 2.31. The lowest BCUT2D eigenvalue weighted by molar-refractivity contribution is 0.0679. The fourth-order valence-electron chi connectivity index (χ4n) is 4.36. The molecule has 1 unspecified atom stereocenters. The summed E-state index contributed by atoms with van der Waals surface area (Å²) >= 11 is 0. The van der Waals surface area contributed by atoms with Gasteiger partial charge in [-0.1, -0.05) is 38.1 Å². The van der Waals surface area contributed by atoms with Crippen LogP contribution in [0, 0.1) is 5.92 Å². The molecule has 6 heteroatoms. The maximum Gasteiger partial charge on any atom is 0.143 e. The first-order chi connectivity index (χ1) is 15.8. The number of hydrogen-bond donors (Lipinski definition) is 2. The van der Waals surface area contributed by atoms with Crippen LogP contribution in [-0.4, -0.2) is 47.0 Å². The highest BCUT2D eigenvalue weighted by Crippen LogP contribution is 2.36. The average Bonchev–Trinajstić information content (AvgIpc) is 2.86. The van der Waals surface area contributed by atoms with Crippen molar-refractivity contribution in [2.45, 2.75) is 39.5 Å². The molecule has 0 saturated carbocycles. The number of nitrogens with one attached hydrogen (secondary N) is 2. The number of anilines is 1. The van der Waals surface area contributed by atoms with Crippen LogP contribution in [0.1, 0.15) is 44.0 Å². The minimum absolute atomic E-state index is 0.127. The second kappa shape index (κ2) is 12.7. The summed E-state index contributed by atoms with van der Waals surface area (Å²) in [6, 6.07) is 14.6. The van der Waals surface area contributed by atoms with Crippen LogP contribution >= 0.6 is 0 Å². The molecule has 2 aliphatic heterocycles. The van der Waals surface area contributed by atoms with Crippen molar-refractivity contribution in [3.63, 3.8) is 0 Å². The van der Waals surface area contributed by atoms with Gasteiger partial charge in [0.2, 0.25) is 0 Å². The van der Waals surface area contributed by atoms with E-state index in [4.69, 9.17) is 14.2 Å². The topological polar surface area (TPSA) is 55.0 Å². The lowest BCUT2D eigenvalue weighted by Gasteiger charge is -2.32. The molecule has 2 aromatic carbocycles. The van der Waals surface area contributed by atoms with Crippen LogP contribution < -0.4 is 25.0 Å². The summed E-state index contributed by atoms with van der Waals surface area (Å²) in [5.41, 5.74) is 3.39. The highest BCUT2D eigenvalue weighted by atomic mass is 16.5. The molecule has 0 amide bonds. The van der Waals surface area contributed by atoms with E-state index in [9.17, 15) is 0 Å². The Morgan fingerprint density at radius 2 is 1.91 bits per heavy atom. The Balaban J connectivity index is 0.00000141. The van der Waals surface area contributed by atoms with Gasteiger partial charge in [-0.3, -0.25) is 5.32 Å². The SMILES string of the molecule is CC.COc1ccccc1CN1CCOc2cc(C(NCC3CCNCC3)OC)ccc21. The van der Waals surface area contributed by atoms with Gasteiger partial charge in [-0.25, -0.2) is 0 Å². The van der Waals surface area contributed by atoms with Gasteiger partial charge in [0.1, 0.15) is 24.3 Å². The van der Waals surface area contributed by atoms with E-state index in [2.05, 4.69) is 45.9 Å². The number of para-hydroxylation sites is 1. The van der Waals surface area contributed by atoms with Crippen molar-refractivity contribution in [1.82, 2.24) is 10.6 Å². The highest BCUT2D eigenvalue weighted by molar-refractivity contribution is 5.62. The van der Waals surface area contributed by atoms with Gasteiger partial charge in [0.05, 0.1) is 19.3 Å². The Hall–Kier alpha value is -2.28. The molecule has 6 nitrogen and oxygen atoms in total. The first kappa shape index (κ1) is 24.4. The molecule has 1 fully saturated rings. The molecule has 2 aliphatic rings. The minimum Gasteiger partial charge on any atom is -0.496 e. The summed E-state index contributed by atoms with van der Waals surface area (Å²) in [5.74, 6) is 2.54. The van der Waals surface area contributed by atoms with E-state index in [0.717, 1.165) is 55.5 Å². The van der Waals surface area contributed by atoms with Gasteiger partial charge in [-0.05, 0) is 55.6 Å². The van der Waals surface area contributed by atoms with Crippen molar-refractivity contribution < 1.29 is 14.2 Å². The number of fused-ring (bicyclic) bond motifs is 1. The van der Waals surface area contributed by atoms with Gasteiger partial charge in [-0.15, -0.1) is 0 Å². The molecule has 0 radical (unpaired) electrons. The smallest absolute Gasteiger partial charge is 0.143 e. The first-order valence-electron chi connectivity index (χ1n) is 11.9. The lowest BCUT2D eigenvalue weighted by Crippen LogP contribution is -2.35. The minimum atomic E-state index is -0.127. The summed E-state index contributed by atoms with van der Waals surface area (Å²) in [6.45, 7) is 9.51. The molecule has 2 aromatic rings. The molecule has 32 heavy (non-hydrogen) atoms. The zero-order chi connectivity index (χ0) is 22.8. The average molecular weight is 442 g/mol. The Bertz CT molecular complexity index is 824. The number of hydrogen-bond acceptors (Lipinski definition) is 6. The maximum absolute atomic E-state index is 6.01. The van der Waals surface area contributed by atoms with Crippen molar-refractivity contribution in [2.24, 2.45) is 5.92 Å². The number of rotatable bonds is 8. The van der Waals surface area contributed by atoms with E-state index >= 15 is 0 Å². The molecular formula is C26H39N3O3. The van der Waals surface area contributed by atoms with Gasteiger partial charge in [0.25, 0.3) is 0 Å². The van der Waals surface area contributed by atoms with Gasteiger partial charge >= 0.3 is 0 Å². The van der Waals surface area contributed by atoms with Crippen LogP contribution in [0.5, 0.6) is 11.5 Å². The molecule has 0 aromatic heterocycles. The predicted octanol–water partition coefficient (Wildman–Crippen LogP) is 4.35. The lowest BCUT2D eigenvalue weighted by atomic mass is 9.98. The predicted molar refractivity (Wildman–Crippen MR) is 131 cm³/mol. The van der Waals surface area contributed by atoms with Crippen molar-refractivity contribution in [3.8, 4) is 11.5 Å². The number of nitrogens with zero attached hydrogens (tertiary/aromatic N) is 1. The van der Waals surface area contributed by atoms with Crippen molar-refractivity contribution in [3.05, 3.63) is 53.6 Å². The monoisotopic (exact) mass is 441 g/mol. The third kappa shape index (κ3) is 6.15. The van der Waals surface area contributed by atoms with Crippen molar-refractivity contribution >= 4 is 5.69 Å². The quantitative estimate of drug-likeness (QED) is 0.594. The molecule has 1 saturated heterocycles. The Morgan fingerprint density at radius 3 is 2.66 bits per heavy atom. The molecular weight excluding hydrogens is 402 g/mol. The molecule has 4 rings (SSSR count). The largest absolute Gasteiger partial charge is 0.496 e. The van der Waals surface area contributed by atoms with Gasteiger partial charge in [0, 0.05) is 25.8 Å². The van der Waals surface area contributed by atoms with Gasteiger partial charge < -0.3 is 24.4 Å². The van der Waals surface area contributed by atoms with E-state index in [-0.39, 0.29) is 6.23 Å². The third-order valence-corrected chi connectivity index (χ3v) is 6.09. The number of methoxy groups -OCH3 is 2. The summed E-state index contributed by atoms with van der Waals surface area (Å²) in [5, 5.41) is 7.02. The highest BCUT2D eigenvalue weighted by Gasteiger charge is 2.22. The van der Waals surface area contributed by atoms with E-state index in [1.54, 1.807) is 14.2 Å². The van der Waals surface area contributed by atoms with Crippen LogP contribution in [0.3, 0.4) is 0 Å². The van der Waals surface area contributed by atoms with E-state index < -0.39 is 0 Å². The fraction of sp³-hybridized carbons (Fsp3) is 0.538. The molecule has 176 valence electrons. The Labute approximate surface area is 193 Å². The third-order valence-electron chi connectivity index (χ3n) is 6.09. The van der Waals surface area contributed by atoms with Gasteiger partial charge in [-0.2, -0.15) is 0 Å². The molecule has 0 bridgehead atoms. The van der Waals surface area contributed by atoms with Crippen LogP contribution in [0.2, 0.25) is 0 Å². The molecule has 2 N–H and O–H groups in total. The van der Waals surface area contributed by atoms with E-state index in [1.165, 1.54) is 18.4 Å². The normalized spacial score (nSPS) is 16.9. The number of benzene rings is 2. The Morgan fingerprint density at radius 1 is 1.12 bits per heavy atom. The maximum atomic E-state index is 6.01. The standard InChI is InChI=1S/C24H33N3O3.C2H6/c1-28-22-6-4-3-5-20(22)17-27-13-14-30-23-15-19(7-8-21(23)27)24(29-2)26-16-18-9-11-25-12-10-18;1-2/h3-8,15,18,24-26H,9-14,16-17H2,1-2H3;1-2H3. The first-order valence-corrected chi connectivity index (χ1v) is 11.9. The van der Waals surface area contributed by atoms with Crippen molar-refractivity contribution in [1.29, 1.82) is 0 Å². The molecule has 1 atom stereocenters. The summed E-state index contributed by atoms with van der Waals surface area (Å²) in [4.78, 5) is 2.35. The van der Waals surface area contributed by atoms with Crippen LogP contribution in [0.15, 0.2) is 42.5 Å². The number of ether oxygens (including phenoxy) is 3.